The van der Waals surface area contributed by atoms with Gasteiger partial charge in [0.15, 0.2) is 0 Å². The average molecular weight is 272 g/mol. The summed E-state index contributed by atoms with van der Waals surface area (Å²) in [5.74, 6) is -0.291. The molecule has 0 radical (unpaired) electrons. The van der Waals surface area contributed by atoms with Crippen LogP contribution in [0.3, 0.4) is 0 Å². The van der Waals surface area contributed by atoms with Crippen molar-refractivity contribution in [3.63, 3.8) is 0 Å². The molecule has 0 saturated carbocycles. The maximum Gasteiger partial charge on any atom is 0.127 e. The molecular formula is C11H11ClFN3S. The smallest absolute Gasteiger partial charge is 0.127 e. The lowest BCUT2D eigenvalue weighted by Gasteiger charge is -2.14. The first-order valence-corrected chi connectivity index (χ1v) is 6.21. The summed E-state index contributed by atoms with van der Waals surface area (Å²) in [6.07, 6.45) is 2.13. The molecule has 0 spiro atoms. The molecule has 1 aromatic carbocycles. The summed E-state index contributed by atoms with van der Waals surface area (Å²) in [5.41, 5.74) is 1.30. The number of hydrogen-bond acceptors (Lipinski definition) is 4. The van der Waals surface area contributed by atoms with Gasteiger partial charge < -0.3 is 5.32 Å². The molecule has 0 amide bonds. The molecule has 1 atom stereocenters. The molecule has 1 unspecified atom stereocenters. The zero-order valence-corrected chi connectivity index (χ0v) is 10.7. The van der Waals surface area contributed by atoms with Gasteiger partial charge in [-0.2, -0.15) is 8.75 Å². The summed E-state index contributed by atoms with van der Waals surface area (Å²) < 4.78 is 21.7. The molecule has 3 nitrogen and oxygen atoms in total. The highest BCUT2D eigenvalue weighted by atomic mass is 35.5. The Morgan fingerprint density at radius 1 is 1.53 bits per heavy atom. The molecule has 0 bridgehead atoms. The largest absolute Gasteiger partial charge is 0.311 e. The van der Waals surface area contributed by atoms with Crippen molar-refractivity contribution in [3.8, 4) is 0 Å². The lowest BCUT2D eigenvalue weighted by Crippen LogP contribution is -2.19. The van der Waals surface area contributed by atoms with Crippen LogP contribution < -0.4 is 5.32 Å². The van der Waals surface area contributed by atoms with Crippen molar-refractivity contribution >= 4 is 23.3 Å². The van der Waals surface area contributed by atoms with Gasteiger partial charge in [0.25, 0.3) is 0 Å². The van der Waals surface area contributed by atoms with E-state index in [-0.39, 0.29) is 11.9 Å². The van der Waals surface area contributed by atoms with Crippen LogP contribution in [-0.2, 0) is 6.42 Å². The van der Waals surface area contributed by atoms with Crippen molar-refractivity contribution in [3.05, 3.63) is 46.5 Å². The first-order valence-electron chi connectivity index (χ1n) is 5.10. The van der Waals surface area contributed by atoms with Gasteiger partial charge in [-0.1, -0.05) is 17.7 Å². The minimum Gasteiger partial charge on any atom is -0.311 e. The van der Waals surface area contributed by atoms with Gasteiger partial charge >= 0.3 is 0 Å². The third kappa shape index (κ3) is 2.80. The average Bonchev–Trinajstić information content (AvgIpc) is 2.82. The molecule has 0 aliphatic carbocycles. The van der Waals surface area contributed by atoms with Crippen LogP contribution >= 0.6 is 23.3 Å². The maximum absolute atomic E-state index is 13.6. The molecule has 0 fully saturated rings. The Bertz CT molecular complexity index is 469. The predicted molar refractivity (Wildman–Crippen MR) is 66.8 cm³/mol. The highest BCUT2D eigenvalue weighted by Crippen LogP contribution is 2.24. The Morgan fingerprint density at radius 2 is 2.35 bits per heavy atom. The summed E-state index contributed by atoms with van der Waals surface area (Å²) in [6, 6.07) is 4.61. The highest BCUT2D eigenvalue weighted by molar-refractivity contribution is 6.99. The molecule has 2 rings (SSSR count). The Balaban J connectivity index is 2.25. The molecule has 90 valence electrons. The van der Waals surface area contributed by atoms with E-state index >= 15 is 0 Å². The number of nitrogens with zero attached hydrogens (tertiary/aromatic N) is 2. The number of halogens is 2. The number of nitrogens with one attached hydrogen (secondary N) is 1. The van der Waals surface area contributed by atoms with Crippen molar-refractivity contribution in [1.82, 2.24) is 14.1 Å². The van der Waals surface area contributed by atoms with Gasteiger partial charge in [-0.05, 0) is 25.6 Å². The van der Waals surface area contributed by atoms with Crippen molar-refractivity contribution in [2.24, 2.45) is 0 Å². The summed E-state index contributed by atoms with van der Waals surface area (Å²) >= 11 is 7.13. The highest BCUT2D eigenvalue weighted by Gasteiger charge is 2.17. The Labute approximate surface area is 108 Å². The van der Waals surface area contributed by atoms with Crippen LogP contribution in [0.25, 0.3) is 0 Å². The van der Waals surface area contributed by atoms with Crippen LogP contribution in [0.5, 0.6) is 0 Å². The van der Waals surface area contributed by atoms with Crippen LogP contribution in [0.4, 0.5) is 4.39 Å². The van der Waals surface area contributed by atoms with Crippen LogP contribution in [0.1, 0.15) is 17.3 Å². The molecule has 0 aliphatic heterocycles. The van der Waals surface area contributed by atoms with Crippen molar-refractivity contribution in [2.75, 3.05) is 7.05 Å². The topological polar surface area (TPSA) is 37.8 Å². The minimum atomic E-state index is -0.291. The van der Waals surface area contributed by atoms with E-state index in [1.165, 1.54) is 6.07 Å². The van der Waals surface area contributed by atoms with E-state index in [9.17, 15) is 4.39 Å². The van der Waals surface area contributed by atoms with E-state index in [0.29, 0.717) is 17.0 Å². The van der Waals surface area contributed by atoms with Crippen LogP contribution in [0.2, 0.25) is 5.02 Å². The quantitative estimate of drug-likeness (QED) is 0.929. The molecule has 1 N–H and O–H groups in total. The van der Waals surface area contributed by atoms with Gasteiger partial charge in [0.2, 0.25) is 0 Å². The normalized spacial score (nSPS) is 12.6. The SMILES string of the molecule is CNC(Cc1c(F)cccc1Cl)c1cnsn1. The fourth-order valence-corrected chi connectivity index (χ4v) is 2.32. The monoisotopic (exact) mass is 271 g/mol. The second kappa shape index (κ2) is 5.53. The first-order chi connectivity index (χ1) is 8.22. The molecule has 0 aliphatic rings. The third-order valence-corrected chi connectivity index (χ3v) is 3.40. The van der Waals surface area contributed by atoms with E-state index < -0.39 is 0 Å². The zero-order chi connectivity index (χ0) is 12.3. The fourth-order valence-electron chi connectivity index (χ4n) is 1.61. The molecule has 1 heterocycles. The summed E-state index contributed by atoms with van der Waals surface area (Å²) in [5, 5.41) is 3.52. The van der Waals surface area contributed by atoms with E-state index in [2.05, 4.69) is 14.1 Å². The standard InChI is InChI=1S/C11H11ClFN3S/c1-14-10(11-6-15-17-16-11)5-7-8(12)3-2-4-9(7)13/h2-4,6,10,14H,5H2,1H3. The number of aromatic nitrogens is 2. The number of benzene rings is 1. The van der Waals surface area contributed by atoms with Gasteiger partial charge in [-0.15, -0.1) is 0 Å². The van der Waals surface area contributed by atoms with Crippen LogP contribution in [0, 0.1) is 5.82 Å². The number of rotatable bonds is 4. The molecule has 17 heavy (non-hydrogen) atoms. The Morgan fingerprint density at radius 3 is 2.94 bits per heavy atom. The fraction of sp³-hybridized carbons (Fsp3) is 0.273. The van der Waals surface area contributed by atoms with Crippen LogP contribution in [-0.4, -0.2) is 15.8 Å². The van der Waals surface area contributed by atoms with E-state index in [1.807, 2.05) is 0 Å². The molecular weight excluding hydrogens is 261 g/mol. The van der Waals surface area contributed by atoms with Gasteiger partial charge in [-0.3, -0.25) is 0 Å². The molecule has 2 aromatic rings. The number of likely N-dealkylation sites (N-methyl/N-ethyl adjacent to an activating group) is 1. The summed E-state index contributed by atoms with van der Waals surface area (Å²) in [4.78, 5) is 0. The van der Waals surface area contributed by atoms with Gasteiger partial charge in [0.1, 0.15) is 5.82 Å². The Kier molecular flexibility index (Phi) is 4.04. The summed E-state index contributed by atoms with van der Waals surface area (Å²) in [7, 11) is 1.80. The first kappa shape index (κ1) is 12.4. The minimum absolute atomic E-state index is 0.0804. The third-order valence-electron chi connectivity index (χ3n) is 2.55. The van der Waals surface area contributed by atoms with Gasteiger partial charge in [0, 0.05) is 10.6 Å². The second-order valence-corrected chi connectivity index (χ2v) is 4.54. The molecule has 1 aromatic heterocycles. The Hall–Kier alpha value is -1.04. The lowest BCUT2D eigenvalue weighted by atomic mass is 10.0. The number of hydrogen-bond donors (Lipinski definition) is 1. The van der Waals surface area contributed by atoms with E-state index in [1.54, 1.807) is 25.4 Å². The van der Waals surface area contributed by atoms with E-state index in [4.69, 9.17) is 11.6 Å². The zero-order valence-electron chi connectivity index (χ0n) is 9.15. The van der Waals surface area contributed by atoms with Crippen molar-refractivity contribution in [1.29, 1.82) is 0 Å². The predicted octanol–water partition coefficient (Wildman–Crippen LogP) is 2.83. The van der Waals surface area contributed by atoms with Crippen molar-refractivity contribution in [2.45, 2.75) is 12.5 Å². The van der Waals surface area contributed by atoms with Gasteiger partial charge in [-0.25, -0.2) is 4.39 Å². The van der Waals surface area contributed by atoms with Gasteiger partial charge in [0.05, 0.1) is 29.7 Å². The van der Waals surface area contributed by atoms with Crippen LogP contribution in [0.15, 0.2) is 24.4 Å². The molecule has 0 saturated heterocycles. The van der Waals surface area contributed by atoms with Crippen molar-refractivity contribution < 1.29 is 4.39 Å². The lowest BCUT2D eigenvalue weighted by molar-refractivity contribution is 0.548. The summed E-state index contributed by atoms with van der Waals surface area (Å²) in [6.45, 7) is 0. The maximum atomic E-state index is 13.6. The molecule has 6 heteroatoms. The second-order valence-electron chi connectivity index (χ2n) is 3.58. The van der Waals surface area contributed by atoms with E-state index in [0.717, 1.165) is 17.4 Å².